The lowest BCUT2D eigenvalue weighted by Gasteiger charge is -2.37. The molecule has 2 amide bonds. The molecule has 5 nitrogen and oxygen atoms in total. The summed E-state index contributed by atoms with van der Waals surface area (Å²) in [6, 6.07) is 4.14. The molecule has 0 aromatic heterocycles. The van der Waals surface area contributed by atoms with Crippen molar-refractivity contribution in [3.8, 4) is 0 Å². The fourth-order valence-corrected chi connectivity index (χ4v) is 4.07. The second kappa shape index (κ2) is 8.83. The average Bonchev–Trinajstić information content (AvgIpc) is 2.65. The molecule has 0 saturated carbocycles. The SMILES string of the molecule is CC(=O)Nc1ccc(F)c(C(=O)N2CCC(CN3CCC(C)CC3)CC2)c1. The number of hydrogen-bond acceptors (Lipinski definition) is 3. The van der Waals surface area contributed by atoms with E-state index in [4.69, 9.17) is 0 Å². The zero-order valence-corrected chi connectivity index (χ0v) is 16.3. The van der Waals surface area contributed by atoms with Crippen LogP contribution >= 0.6 is 0 Å². The van der Waals surface area contributed by atoms with Crippen molar-refractivity contribution in [2.24, 2.45) is 11.8 Å². The van der Waals surface area contributed by atoms with Crippen LogP contribution in [0.3, 0.4) is 0 Å². The maximum Gasteiger partial charge on any atom is 0.256 e. The van der Waals surface area contributed by atoms with Gasteiger partial charge in [0, 0.05) is 32.2 Å². The standard InChI is InChI=1S/C21H30FN3O2/c1-15-5-9-24(10-6-15)14-17-7-11-25(12-8-17)21(27)19-13-18(23-16(2)26)3-4-20(19)22/h3-4,13,15,17H,5-12,14H2,1-2H3,(H,23,26). The quantitative estimate of drug-likeness (QED) is 0.878. The molecule has 0 unspecified atom stereocenters. The van der Waals surface area contributed by atoms with Crippen molar-refractivity contribution in [1.29, 1.82) is 0 Å². The van der Waals surface area contributed by atoms with Crippen molar-refractivity contribution in [2.45, 2.75) is 39.5 Å². The number of halogens is 1. The minimum Gasteiger partial charge on any atom is -0.339 e. The van der Waals surface area contributed by atoms with Gasteiger partial charge in [-0.3, -0.25) is 9.59 Å². The predicted molar refractivity (Wildman–Crippen MR) is 104 cm³/mol. The van der Waals surface area contributed by atoms with Crippen LogP contribution in [0.2, 0.25) is 0 Å². The van der Waals surface area contributed by atoms with Crippen molar-refractivity contribution < 1.29 is 14.0 Å². The van der Waals surface area contributed by atoms with Gasteiger partial charge in [-0.15, -0.1) is 0 Å². The first-order valence-corrected chi connectivity index (χ1v) is 10.0. The highest BCUT2D eigenvalue weighted by Gasteiger charge is 2.27. The maximum absolute atomic E-state index is 14.2. The van der Waals surface area contributed by atoms with E-state index in [1.54, 1.807) is 4.90 Å². The Morgan fingerprint density at radius 1 is 1.11 bits per heavy atom. The number of amides is 2. The largest absolute Gasteiger partial charge is 0.339 e. The zero-order valence-electron chi connectivity index (χ0n) is 16.3. The van der Waals surface area contributed by atoms with Gasteiger partial charge in [0.1, 0.15) is 5.82 Å². The number of rotatable bonds is 4. The first-order chi connectivity index (χ1) is 12.9. The normalized spacial score (nSPS) is 19.9. The number of anilines is 1. The van der Waals surface area contributed by atoms with Crippen molar-refractivity contribution >= 4 is 17.5 Å². The molecule has 6 heteroatoms. The van der Waals surface area contributed by atoms with Gasteiger partial charge in [-0.05, 0) is 68.8 Å². The van der Waals surface area contributed by atoms with Crippen LogP contribution in [0, 0.1) is 17.7 Å². The summed E-state index contributed by atoms with van der Waals surface area (Å²) >= 11 is 0. The lowest BCUT2D eigenvalue weighted by atomic mass is 9.93. The number of carbonyl (C=O) groups is 2. The fourth-order valence-electron chi connectivity index (χ4n) is 4.07. The Morgan fingerprint density at radius 3 is 2.41 bits per heavy atom. The number of piperidine rings is 2. The first-order valence-electron chi connectivity index (χ1n) is 10.0. The van der Waals surface area contributed by atoms with Gasteiger partial charge in [0.2, 0.25) is 5.91 Å². The smallest absolute Gasteiger partial charge is 0.256 e. The molecule has 1 aromatic carbocycles. The van der Waals surface area contributed by atoms with Crippen molar-refractivity contribution in [1.82, 2.24) is 9.80 Å². The van der Waals surface area contributed by atoms with Crippen LogP contribution in [0.15, 0.2) is 18.2 Å². The van der Waals surface area contributed by atoms with Gasteiger partial charge in [0.05, 0.1) is 5.56 Å². The summed E-state index contributed by atoms with van der Waals surface area (Å²) < 4.78 is 14.2. The predicted octanol–water partition coefficient (Wildman–Crippen LogP) is 3.37. The van der Waals surface area contributed by atoms with Gasteiger partial charge in [0.15, 0.2) is 0 Å². The average molecular weight is 375 g/mol. The monoisotopic (exact) mass is 375 g/mol. The van der Waals surface area contributed by atoms with E-state index in [1.165, 1.54) is 51.1 Å². The Balaban J connectivity index is 1.54. The molecule has 2 aliphatic heterocycles. The van der Waals surface area contributed by atoms with E-state index in [9.17, 15) is 14.0 Å². The van der Waals surface area contributed by atoms with Crippen LogP contribution in [0.4, 0.5) is 10.1 Å². The molecular weight excluding hydrogens is 345 g/mol. The lowest BCUT2D eigenvalue weighted by molar-refractivity contribution is -0.114. The molecule has 3 rings (SSSR count). The molecule has 0 atom stereocenters. The molecule has 0 aliphatic carbocycles. The van der Waals surface area contributed by atoms with Gasteiger partial charge in [0.25, 0.3) is 5.91 Å². The molecule has 0 bridgehead atoms. The number of likely N-dealkylation sites (tertiary alicyclic amines) is 2. The molecule has 1 aromatic rings. The maximum atomic E-state index is 14.2. The Hall–Kier alpha value is -1.95. The van der Waals surface area contributed by atoms with Crippen LogP contribution in [-0.4, -0.2) is 54.3 Å². The van der Waals surface area contributed by atoms with E-state index in [0.29, 0.717) is 24.7 Å². The number of nitrogens with zero attached hydrogens (tertiary/aromatic N) is 2. The second-order valence-corrected chi connectivity index (χ2v) is 8.09. The number of benzene rings is 1. The van der Waals surface area contributed by atoms with Crippen LogP contribution in [0.25, 0.3) is 0 Å². The van der Waals surface area contributed by atoms with Gasteiger partial charge in [-0.25, -0.2) is 4.39 Å². The molecule has 0 radical (unpaired) electrons. The highest BCUT2D eigenvalue weighted by molar-refractivity contribution is 5.97. The van der Waals surface area contributed by atoms with Crippen LogP contribution in [-0.2, 0) is 4.79 Å². The second-order valence-electron chi connectivity index (χ2n) is 8.09. The molecule has 2 heterocycles. The zero-order chi connectivity index (χ0) is 19.4. The van der Waals surface area contributed by atoms with Crippen LogP contribution in [0.1, 0.15) is 49.9 Å². The van der Waals surface area contributed by atoms with Crippen LogP contribution < -0.4 is 5.32 Å². The van der Waals surface area contributed by atoms with Crippen molar-refractivity contribution in [2.75, 3.05) is 38.0 Å². The van der Waals surface area contributed by atoms with E-state index in [-0.39, 0.29) is 17.4 Å². The van der Waals surface area contributed by atoms with Gasteiger partial charge in [-0.1, -0.05) is 6.92 Å². The van der Waals surface area contributed by atoms with Crippen LogP contribution in [0.5, 0.6) is 0 Å². The molecule has 2 fully saturated rings. The third-order valence-corrected chi connectivity index (χ3v) is 5.81. The lowest BCUT2D eigenvalue weighted by Crippen LogP contribution is -2.43. The molecule has 0 spiro atoms. The Labute approximate surface area is 160 Å². The highest BCUT2D eigenvalue weighted by Crippen LogP contribution is 2.24. The summed E-state index contributed by atoms with van der Waals surface area (Å²) in [5.41, 5.74) is 0.478. The third-order valence-electron chi connectivity index (χ3n) is 5.81. The minimum atomic E-state index is -0.543. The van der Waals surface area contributed by atoms with E-state index >= 15 is 0 Å². The molecule has 27 heavy (non-hydrogen) atoms. The molecule has 1 N–H and O–H groups in total. The number of nitrogens with one attached hydrogen (secondary N) is 1. The summed E-state index contributed by atoms with van der Waals surface area (Å²) in [4.78, 5) is 28.2. The first kappa shape index (κ1) is 19.8. The van der Waals surface area contributed by atoms with E-state index < -0.39 is 5.82 Å². The topological polar surface area (TPSA) is 52.7 Å². The summed E-state index contributed by atoms with van der Waals surface area (Å²) in [5, 5.41) is 2.60. The molecule has 2 saturated heterocycles. The minimum absolute atomic E-state index is 0.0321. The Kier molecular flexibility index (Phi) is 6.47. The number of hydrogen-bond donors (Lipinski definition) is 1. The Morgan fingerprint density at radius 2 is 1.78 bits per heavy atom. The van der Waals surface area contributed by atoms with Gasteiger partial charge < -0.3 is 15.1 Å². The van der Waals surface area contributed by atoms with Gasteiger partial charge in [-0.2, -0.15) is 0 Å². The molecule has 2 aliphatic rings. The van der Waals surface area contributed by atoms with E-state index in [1.807, 2.05) is 0 Å². The summed E-state index contributed by atoms with van der Waals surface area (Å²) in [6.07, 6.45) is 4.48. The molecular formula is C21H30FN3O2. The van der Waals surface area contributed by atoms with E-state index in [0.717, 1.165) is 25.3 Å². The third kappa shape index (κ3) is 5.28. The fraction of sp³-hybridized carbons (Fsp3) is 0.619. The summed E-state index contributed by atoms with van der Waals surface area (Å²) in [6.45, 7) is 8.51. The van der Waals surface area contributed by atoms with E-state index in [2.05, 4.69) is 17.1 Å². The highest BCUT2D eigenvalue weighted by atomic mass is 19.1. The van der Waals surface area contributed by atoms with Crippen molar-refractivity contribution in [3.05, 3.63) is 29.6 Å². The number of carbonyl (C=O) groups excluding carboxylic acids is 2. The van der Waals surface area contributed by atoms with Crippen molar-refractivity contribution in [3.63, 3.8) is 0 Å². The summed E-state index contributed by atoms with van der Waals surface area (Å²) in [5.74, 6) is 0.374. The summed E-state index contributed by atoms with van der Waals surface area (Å²) in [7, 11) is 0. The molecule has 148 valence electrons. The Bertz CT molecular complexity index is 678. The van der Waals surface area contributed by atoms with Gasteiger partial charge >= 0.3 is 0 Å².